The van der Waals surface area contributed by atoms with E-state index in [9.17, 15) is 9.35 Å². The Morgan fingerprint density at radius 1 is 0.833 bits per heavy atom. The summed E-state index contributed by atoms with van der Waals surface area (Å²) >= 11 is 4.86. The van der Waals surface area contributed by atoms with Gasteiger partial charge >= 0.3 is 0 Å². The van der Waals surface area contributed by atoms with E-state index in [1.165, 1.54) is 6.26 Å². The number of benzene rings is 3. The van der Waals surface area contributed by atoms with Gasteiger partial charge in [0.15, 0.2) is 0 Å². The number of carbonyl (C=O) groups is 1. The van der Waals surface area contributed by atoms with Crippen LogP contribution in [0.4, 0.5) is 0 Å². The zero-order valence-electron chi connectivity index (χ0n) is 17.0. The van der Waals surface area contributed by atoms with E-state index >= 15 is 0 Å². The number of rotatable bonds is 10. The van der Waals surface area contributed by atoms with Crippen molar-refractivity contribution >= 4 is 28.6 Å². The molecule has 3 atom stereocenters. The number of hydrogen-bond acceptors (Lipinski definition) is 3. The van der Waals surface area contributed by atoms with Crippen molar-refractivity contribution in [2.24, 2.45) is 0 Å². The van der Waals surface area contributed by atoms with Crippen molar-refractivity contribution in [3.63, 3.8) is 0 Å². The summed E-state index contributed by atoms with van der Waals surface area (Å²) in [5.41, 5.74) is 3.28. The Morgan fingerprint density at radius 3 is 1.63 bits per heavy atom. The lowest BCUT2D eigenvalue weighted by Gasteiger charge is -2.32. The van der Waals surface area contributed by atoms with E-state index in [2.05, 4.69) is 29.2 Å². The number of carbonyl (C=O) groups excluding carboxylic acids is 1. The van der Waals surface area contributed by atoms with E-state index in [4.69, 9.17) is 11.6 Å². The molecule has 3 rings (SSSR count). The number of Topliss-reactive ketones (excluding diaryl/α,β-unsaturated/α-hetero) is 1. The van der Waals surface area contributed by atoms with Crippen molar-refractivity contribution in [3.05, 3.63) is 108 Å². The maximum atomic E-state index is 13.3. The molecule has 30 heavy (non-hydrogen) atoms. The van der Waals surface area contributed by atoms with Gasteiger partial charge in [0.1, 0.15) is 0 Å². The fourth-order valence-corrected chi connectivity index (χ4v) is 4.10. The van der Waals surface area contributed by atoms with Gasteiger partial charge in [-0.1, -0.05) is 103 Å². The molecule has 3 aromatic carbocycles. The Hall–Kier alpha value is -2.11. The minimum atomic E-state index is -1.44. The summed E-state index contributed by atoms with van der Waals surface area (Å²) in [6.07, 6.45) is 1.99. The highest BCUT2D eigenvalue weighted by Gasteiger charge is 2.35. The monoisotopic (exact) mass is 439 g/mol. The molecular weight excluding hydrogens is 414 g/mol. The van der Waals surface area contributed by atoms with Crippen molar-refractivity contribution in [2.45, 2.75) is 30.3 Å². The first-order chi connectivity index (χ1) is 14.5. The van der Waals surface area contributed by atoms with E-state index < -0.39 is 21.9 Å². The molecule has 0 aliphatic heterocycles. The molecule has 156 valence electrons. The zero-order chi connectivity index (χ0) is 21.3. The molecule has 0 saturated carbocycles. The topological polar surface area (TPSA) is 43.4 Å². The number of alkyl halides is 1. The van der Waals surface area contributed by atoms with Gasteiger partial charge in [0.05, 0.1) is 12.3 Å². The van der Waals surface area contributed by atoms with Crippen molar-refractivity contribution in [1.82, 2.24) is 4.90 Å². The van der Waals surface area contributed by atoms with Crippen LogP contribution in [0.25, 0.3) is 0 Å². The quantitative estimate of drug-likeness (QED) is 0.336. The first-order valence-electron chi connectivity index (χ1n) is 9.90. The van der Waals surface area contributed by atoms with Crippen LogP contribution in [0.2, 0.25) is 0 Å². The molecule has 0 fully saturated rings. The number of nitrogens with zero attached hydrogens (tertiary/aromatic N) is 1. The second-order valence-electron chi connectivity index (χ2n) is 7.30. The molecule has 3 nitrogen and oxygen atoms in total. The van der Waals surface area contributed by atoms with Gasteiger partial charge < -0.3 is 4.55 Å². The predicted octanol–water partition coefficient (Wildman–Crippen LogP) is 4.81. The van der Waals surface area contributed by atoms with Gasteiger partial charge in [-0.05, 0) is 34.3 Å². The minimum Gasteiger partial charge on any atom is -0.615 e. The average Bonchev–Trinajstić information content (AvgIpc) is 2.78. The lowest BCUT2D eigenvalue weighted by Crippen LogP contribution is -2.46. The van der Waals surface area contributed by atoms with E-state index in [1.54, 1.807) is 0 Å². The second-order valence-corrected chi connectivity index (χ2v) is 9.46. The fraction of sp³-hybridized carbons (Fsp3) is 0.240. The standard InChI is InChI=1S/C25H26ClNO2S/c1-30(29)25(26)24(28)23(17-20-11-5-2-6-12-20)27(18-21-13-7-3-8-14-21)19-22-15-9-4-10-16-22/h2-16,23,25H,17-19H2,1H3/t23-,25?,30?/m0/s1. The Bertz CT molecular complexity index is 865. The van der Waals surface area contributed by atoms with Crippen molar-refractivity contribution < 1.29 is 9.35 Å². The van der Waals surface area contributed by atoms with Crippen molar-refractivity contribution in [3.8, 4) is 0 Å². The highest BCUT2D eigenvalue weighted by Crippen LogP contribution is 2.21. The fourth-order valence-electron chi connectivity index (χ4n) is 3.47. The van der Waals surface area contributed by atoms with Crippen molar-refractivity contribution in [2.75, 3.05) is 6.26 Å². The van der Waals surface area contributed by atoms with Gasteiger partial charge in [0.2, 0.25) is 10.5 Å². The first kappa shape index (κ1) is 22.6. The summed E-state index contributed by atoms with van der Waals surface area (Å²) in [4.78, 5) is 15.5. The number of halogens is 1. The van der Waals surface area contributed by atoms with Gasteiger partial charge in [-0.15, -0.1) is 0 Å². The maximum absolute atomic E-state index is 13.3. The van der Waals surface area contributed by atoms with Crippen LogP contribution < -0.4 is 0 Å². The molecule has 0 heterocycles. The highest BCUT2D eigenvalue weighted by molar-refractivity contribution is 7.93. The Labute approximate surface area is 186 Å². The lowest BCUT2D eigenvalue weighted by molar-refractivity contribution is -0.123. The summed E-state index contributed by atoms with van der Waals surface area (Å²) < 4.78 is 11.0. The molecule has 0 bridgehead atoms. The summed E-state index contributed by atoms with van der Waals surface area (Å²) in [6.45, 7) is 1.19. The third-order valence-electron chi connectivity index (χ3n) is 5.01. The molecule has 0 aromatic heterocycles. The summed E-state index contributed by atoms with van der Waals surface area (Å²) in [5.74, 6) is -0.201. The molecule has 0 aliphatic rings. The van der Waals surface area contributed by atoms with Gasteiger partial charge in [0, 0.05) is 13.1 Å². The van der Waals surface area contributed by atoms with E-state index in [-0.39, 0.29) is 5.78 Å². The minimum absolute atomic E-state index is 0.201. The van der Waals surface area contributed by atoms with E-state index in [1.807, 2.05) is 66.7 Å². The molecule has 0 spiro atoms. The molecule has 2 unspecified atom stereocenters. The van der Waals surface area contributed by atoms with Crippen LogP contribution in [0.5, 0.6) is 0 Å². The molecule has 5 heteroatoms. The highest BCUT2D eigenvalue weighted by atomic mass is 35.5. The van der Waals surface area contributed by atoms with Gasteiger partial charge in [-0.25, -0.2) is 0 Å². The largest absolute Gasteiger partial charge is 0.615 e. The molecule has 0 radical (unpaired) electrons. The van der Waals surface area contributed by atoms with Crippen LogP contribution in [0.1, 0.15) is 16.7 Å². The second kappa shape index (κ2) is 11.3. The number of ketones is 1. The number of hydrogen-bond donors (Lipinski definition) is 0. The summed E-state index contributed by atoms with van der Waals surface area (Å²) in [7, 11) is 0. The van der Waals surface area contributed by atoms with Gasteiger partial charge in [-0.3, -0.25) is 9.69 Å². The SMILES string of the molecule is C[S+]([O-])C(Cl)C(=O)[C@H](Cc1ccccc1)N(Cc1ccccc1)Cc1ccccc1. The normalized spacial score (nSPS) is 14.3. The third-order valence-corrected chi connectivity index (χ3v) is 6.80. The van der Waals surface area contributed by atoms with E-state index in [0.29, 0.717) is 19.5 Å². The summed E-state index contributed by atoms with van der Waals surface area (Å²) in [5, 5.41) is 0. The molecule has 0 N–H and O–H groups in total. The van der Waals surface area contributed by atoms with E-state index in [0.717, 1.165) is 16.7 Å². The average molecular weight is 440 g/mol. The molecule has 0 saturated heterocycles. The molecule has 0 aliphatic carbocycles. The zero-order valence-corrected chi connectivity index (χ0v) is 18.6. The van der Waals surface area contributed by atoms with Crippen LogP contribution in [0.3, 0.4) is 0 Å². The maximum Gasteiger partial charge on any atom is 0.248 e. The van der Waals surface area contributed by atoms with Gasteiger partial charge in [-0.2, -0.15) is 0 Å². The van der Waals surface area contributed by atoms with Crippen molar-refractivity contribution in [1.29, 1.82) is 0 Å². The Morgan fingerprint density at radius 2 is 1.23 bits per heavy atom. The predicted molar refractivity (Wildman–Crippen MR) is 125 cm³/mol. The van der Waals surface area contributed by atoms with Crippen LogP contribution >= 0.6 is 11.6 Å². The smallest absolute Gasteiger partial charge is 0.248 e. The molecular formula is C25H26ClNO2S. The van der Waals surface area contributed by atoms with Crippen LogP contribution in [-0.2, 0) is 35.5 Å². The van der Waals surface area contributed by atoms with Crippen LogP contribution in [-0.4, -0.2) is 32.2 Å². The Balaban J connectivity index is 1.95. The Kier molecular flexibility index (Phi) is 8.52. The summed E-state index contributed by atoms with van der Waals surface area (Å²) in [6, 6.07) is 29.6. The van der Waals surface area contributed by atoms with Crippen LogP contribution in [0, 0.1) is 0 Å². The molecule has 0 amide bonds. The third kappa shape index (κ3) is 6.44. The van der Waals surface area contributed by atoms with Gasteiger partial charge in [0.25, 0.3) is 0 Å². The first-order valence-corrected chi connectivity index (χ1v) is 12.0. The lowest BCUT2D eigenvalue weighted by atomic mass is 9.99. The molecule has 3 aromatic rings. The van der Waals surface area contributed by atoms with Crippen LogP contribution in [0.15, 0.2) is 91.0 Å².